The van der Waals surface area contributed by atoms with Crippen LogP contribution >= 0.6 is 7.60 Å². The van der Waals surface area contributed by atoms with Crippen LogP contribution in [-0.2, 0) is 23.2 Å². The van der Waals surface area contributed by atoms with Gasteiger partial charge in [0, 0.05) is 20.1 Å². The van der Waals surface area contributed by atoms with Gasteiger partial charge in [-0.1, -0.05) is 5.92 Å². The molecule has 102 valence electrons. The molecule has 0 aromatic carbocycles. The van der Waals surface area contributed by atoms with Gasteiger partial charge in [0.05, 0.1) is 6.42 Å². The van der Waals surface area contributed by atoms with E-state index in [2.05, 4.69) is 25.7 Å². The van der Waals surface area contributed by atoms with E-state index in [0.717, 1.165) is 27.1 Å². The van der Waals surface area contributed by atoms with Crippen molar-refractivity contribution in [3.05, 3.63) is 5.53 Å². The van der Waals surface area contributed by atoms with Crippen LogP contribution in [0.25, 0.3) is 5.53 Å². The fourth-order valence-electron chi connectivity index (χ4n) is 1.19. The van der Waals surface area contributed by atoms with Crippen LogP contribution in [-0.4, -0.2) is 36.0 Å². The summed E-state index contributed by atoms with van der Waals surface area (Å²) < 4.78 is 20.9. The predicted octanol–water partition coefficient (Wildman–Crippen LogP) is 1.04. The third kappa shape index (κ3) is 4.23. The minimum Gasteiger partial charge on any atom is -0.360 e. The van der Waals surface area contributed by atoms with Crippen LogP contribution in [0, 0.1) is 17.8 Å². The Morgan fingerprint density at radius 3 is 2.37 bits per heavy atom. The van der Waals surface area contributed by atoms with Gasteiger partial charge in [-0.15, -0.1) is 0 Å². The standard InChI is InChI=1S/C11H13N2O5P/c1-17-19(16,18-2)11(13-12)10(15)7-9(14)6-5-8-3-4-8/h8H,3-4,7H2,1-2H3. The van der Waals surface area contributed by atoms with Gasteiger partial charge in [-0.3, -0.25) is 9.59 Å². The molecule has 0 radical (unpaired) electrons. The zero-order valence-electron chi connectivity index (χ0n) is 10.6. The van der Waals surface area contributed by atoms with Crippen LogP contribution in [0.2, 0.25) is 0 Å². The van der Waals surface area contributed by atoms with Crippen LogP contribution in [0.5, 0.6) is 0 Å². The smallest absolute Gasteiger partial charge is 0.360 e. The van der Waals surface area contributed by atoms with Crippen molar-refractivity contribution in [1.82, 2.24) is 0 Å². The Morgan fingerprint density at radius 2 is 1.95 bits per heavy atom. The Labute approximate surface area is 110 Å². The molecule has 0 N–H and O–H groups in total. The molecule has 1 aliphatic carbocycles. The minimum absolute atomic E-state index is 0.231. The van der Waals surface area contributed by atoms with Crippen molar-refractivity contribution < 1.29 is 28.0 Å². The molecule has 1 fully saturated rings. The van der Waals surface area contributed by atoms with Crippen molar-refractivity contribution >= 4 is 24.6 Å². The van der Waals surface area contributed by atoms with Crippen LogP contribution in [0.3, 0.4) is 0 Å². The van der Waals surface area contributed by atoms with Gasteiger partial charge in [0.15, 0.2) is 0 Å². The third-order valence-corrected chi connectivity index (χ3v) is 4.22. The van der Waals surface area contributed by atoms with Crippen molar-refractivity contribution in [2.45, 2.75) is 19.3 Å². The quantitative estimate of drug-likeness (QED) is 0.138. The summed E-state index contributed by atoms with van der Waals surface area (Å²) in [6, 6.07) is 0. The Hall–Kier alpha value is -1.57. The second kappa shape index (κ2) is 6.55. The largest absolute Gasteiger partial charge is 0.446 e. The first kappa shape index (κ1) is 15.5. The molecule has 0 aromatic heterocycles. The lowest BCUT2D eigenvalue weighted by Crippen LogP contribution is -2.20. The summed E-state index contributed by atoms with van der Waals surface area (Å²) in [7, 11) is -1.90. The summed E-state index contributed by atoms with van der Waals surface area (Å²) in [6.07, 6.45) is 1.29. The fourth-order valence-corrected chi connectivity index (χ4v) is 2.18. The molecule has 0 saturated heterocycles. The van der Waals surface area contributed by atoms with E-state index < -0.39 is 31.0 Å². The SMILES string of the molecule is COP(=O)(OC)C(=[N+]=[N-])C(=O)CC(=O)C#CC1CC1. The van der Waals surface area contributed by atoms with Gasteiger partial charge in [-0.2, -0.15) is 4.79 Å². The molecule has 1 aliphatic rings. The number of hydrogen-bond donors (Lipinski definition) is 0. The molecule has 0 spiro atoms. The lowest BCUT2D eigenvalue weighted by molar-refractivity contribution is -0.122. The van der Waals surface area contributed by atoms with E-state index in [1.54, 1.807) is 0 Å². The molecule has 0 aliphatic heterocycles. The van der Waals surface area contributed by atoms with Gasteiger partial charge in [-0.05, 0) is 18.8 Å². The van der Waals surface area contributed by atoms with E-state index in [-0.39, 0.29) is 5.92 Å². The maximum Gasteiger partial charge on any atom is 0.446 e. The lowest BCUT2D eigenvalue weighted by Gasteiger charge is -2.06. The first-order chi connectivity index (χ1) is 8.96. The Kier molecular flexibility index (Phi) is 5.34. The highest BCUT2D eigenvalue weighted by Crippen LogP contribution is 2.47. The first-order valence-corrected chi connectivity index (χ1v) is 7.02. The average molecular weight is 284 g/mol. The second-order valence-corrected chi connectivity index (χ2v) is 6.00. The number of nitrogens with zero attached hydrogens (tertiary/aromatic N) is 2. The maximum absolute atomic E-state index is 11.9. The van der Waals surface area contributed by atoms with E-state index in [1.807, 2.05) is 0 Å². The van der Waals surface area contributed by atoms with Crippen LogP contribution < -0.4 is 0 Å². The fraction of sp³-hybridized carbons (Fsp3) is 0.545. The number of carbonyl (C=O) groups is 2. The van der Waals surface area contributed by atoms with Gasteiger partial charge >= 0.3 is 13.0 Å². The minimum atomic E-state index is -3.98. The van der Waals surface area contributed by atoms with E-state index in [4.69, 9.17) is 5.53 Å². The number of Topliss-reactive ketones (excluding diaryl/α,β-unsaturated/α-hetero) is 2. The molecule has 8 heteroatoms. The predicted molar refractivity (Wildman–Crippen MR) is 65.4 cm³/mol. The number of rotatable bonds is 6. The molecule has 0 heterocycles. The van der Waals surface area contributed by atoms with Gasteiger partial charge in [0.25, 0.3) is 5.78 Å². The molecular formula is C11H13N2O5P. The van der Waals surface area contributed by atoms with Crippen molar-refractivity contribution in [3.8, 4) is 11.8 Å². The zero-order chi connectivity index (χ0) is 14.5. The van der Waals surface area contributed by atoms with Gasteiger partial charge in [0.1, 0.15) is 0 Å². The number of carbonyl (C=O) groups excluding carboxylic acids is 2. The average Bonchev–Trinajstić information content (AvgIpc) is 3.20. The van der Waals surface area contributed by atoms with E-state index in [9.17, 15) is 14.2 Å². The van der Waals surface area contributed by atoms with Crippen LogP contribution in [0.4, 0.5) is 0 Å². The summed E-state index contributed by atoms with van der Waals surface area (Å²) >= 11 is 0. The molecule has 0 amide bonds. The van der Waals surface area contributed by atoms with Crippen molar-refractivity contribution in [3.63, 3.8) is 0 Å². The summed E-state index contributed by atoms with van der Waals surface area (Å²) in [5.74, 6) is 3.69. The normalized spacial score (nSPS) is 14.0. The lowest BCUT2D eigenvalue weighted by atomic mass is 10.2. The summed E-state index contributed by atoms with van der Waals surface area (Å²) in [5.41, 5.74) is 7.92. The third-order valence-electron chi connectivity index (χ3n) is 2.40. The number of hydrogen-bond acceptors (Lipinski definition) is 5. The molecule has 1 saturated carbocycles. The topological polar surface area (TPSA) is 106 Å². The highest BCUT2D eigenvalue weighted by molar-refractivity contribution is 7.74. The zero-order valence-corrected chi connectivity index (χ0v) is 11.5. The first-order valence-electron chi connectivity index (χ1n) is 5.48. The molecule has 1 rings (SSSR count). The molecular weight excluding hydrogens is 271 g/mol. The van der Waals surface area contributed by atoms with E-state index in [1.165, 1.54) is 0 Å². The van der Waals surface area contributed by atoms with Crippen LogP contribution in [0.1, 0.15) is 19.3 Å². The summed E-state index contributed by atoms with van der Waals surface area (Å²) in [6.45, 7) is 0. The molecule has 0 bridgehead atoms. The van der Waals surface area contributed by atoms with Crippen molar-refractivity contribution in [2.75, 3.05) is 14.2 Å². The number of ketones is 2. The molecule has 0 unspecified atom stereocenters. The Bertz CT molecular complexity index is 541. The summed E-state index contributed by atoms with van der Waals surface area (Å²) in [5, 5.41) is 0. The Morgan fingerprint density at radius 1 is 1.37 bits per heavy atom. The monoisotopic (exact) mass is 284 g/mol. The maximum atomic E-state index is 11.9. The second-order valence-electron chi connectivity index (χ2n) is 3.85. The van der Waals surface area contributed by atoms with Gasteiger partial charge in [0.2, 0.25) is 5.78 Å². The highest BCUT2D eigenvalue weighted by Gasteiger charge is 2.44. The van der Waals surface area contributed by atoms with Gasteiger partial charge in [-0.25, -0.2) is 4.57 Å². The molecule has 19 heavy (non-hydrogen) atoms. The Balaban J connectivity index is 2.76. The molecule has 0 aromatic rings. The highest BCUT2D eigenvalue weighted by atomic mass is 31.2. The van der Waals surface area contributed by atoms with E-state index in [0.29, 0.717) is 0 Å². The molecule has 0 atom stereocenters. The summed E-state index contributed by atoms with van der Waals surface area (Å²) in [4.78, 5) is 25.7. The van der Waals surface area contributed by atoms with Crippen molar-refractivity contribution in [1.29, 1.82) is 0 Å². The van der Waals surface area contributed by atoms with Gasteiger partial charge < -0.3 is 14.6 Å². The van der Waals surface area contributed by atoms with Crippen LogP contribution in [0.15, 0.2) is 0 Å². The van der Waals surface area contributed by atoms with E-state index >= 15 is 0 Å². The molecule has 7 nitrogen and oxygen atoms in total. The van der Waals surface area contributed by atoms with Crippen molar-refractivity contribution in [2.24, 2.45) is 5.92 Å².